The molecule has 0 unspecified atom stereocenters. The van der Waals surface area contributed by atoms with Crippen molar-refractivity contribution in [1.82, 2.24) is 15.0 Å². The number of benzene rings is 1. The number of nitrogens with two attached hydrogens (primary N) is 1. The van der Waals surface area contributed by atoms with Gasteiger partial charge in [-0.25, -0.2) is 15.0 Å². The lowest BCUT2D eigenvalue weighted by molar-refractivity contribution is -0.141. The van der Waals surface area contributed by atoms with Gasteiger partial charge in [0.15, 0.2) is 0 Å². The molecule has 3 rings (SSSR count). The Labute approximate surface area is 135 Å². The fourth-order valence-corrected chi connectivity index (χ4v) is 2.60. The zero-order valence-corrected chi connectivity index (χ0v) is 12.8. The van der Waals surface area contributed by atoms with Crippen LogP contribution in [0.5, 0.6) is 5.75 Å². The lowest BCUT2D eigenvalue weighted by Crippen LogP contribution is -2.10. The number of aromatic hydroxyl groups is 1. The van der Waals surface area contributed by atoms with E-state index in [9.17, 15) is 18.3 Å². The first kappa shape index (κ1) is 16.0. The van der Waals surface area contributed by atoms with Crippen molar-refractivity contribution in [3.63, 3.8) is 0 Å². The summed E-state index contributed by atoms with van der Waals surface area (Å²) in [6, 6.07) is 3.92. The largest absolute Gasteiger partial charge is 0.508 e. The number of rotatable bonds is 1. The van der Waals surface area contributed by atoms with Crippen LogP contribution in [-0.2, 0) is 6.18 Å². The molecule has 5 nitrogen and oxygen atoms in total. The van der Waals surface area contributed by atoms with E-state index in [1.165, 1.54) is 12.4 Å². The molecule has 0 amide bonds. The normalized spacial score (nSPS) is 11.9. The van der Waals surface area contributed by atoms with E-state index in [2.05, 4.69) is 15.0 Å². The number of pyridine rings is 1. The second kappa shape index (κ2) is 5.33. The van der Waals surface area contributed by atoms with Crippen LogP contribution in [0.4, 0.5) is 19.0 Å². The summed E-state index contributed by atoms with van der Waals surface area (Å²) in [5, 5.41) is 10.0. The molecule has 1 aromatic carbocycles. The number of hydrogen-bond donors (Lipinski definition) is 2. The number of anilines is 1. The van der Waals surface area contributed by atoms with Crippen LogP contribution in [0.25, 0.3) is 22.2 Å². The monoisotopic (exact) mass is 334 g/mol. The molecule has 0 atom stereocenters. The summed E-state index contributed by atoms with van der Waals surface area (Å²) in [6.45, 7) is 3.33. The standard InChI is InChI=1S/C16H13F3N4O/c1-7-3-4-10(24)8(2)12(7)14-13-9(15(20)22-6-21-13)5-11(23-14)16(17,18)19/h3-6,24H,1-2H3,(H2,20,21,22). The van der Waals surface area contributed by atoms with Crippen LogP contribution >= 0.6 is 0 Å². The predicted octanol–water partition coefficient (Wildman–Crippen LogP) is 3.62. The van der Waals surface area contributed by atoms with Crippen molar-refractivity contribution in [2.24, 2.45) is 0 Å². The van der Waals surface area contributed by atoms with Crippen LogP contribution in [0.2, 0.25) is 0 Å². The van der Waals surface area contributed by atoms with Gasteiger partial charge in [0.05, 0.1) is 5.69 Å². The first-order chi connectivity index (χ1) is 11.2. The molecule has 0 fully saturated rings. The zero-order chi connectivity index (χ0) is 17.6. The number of alkyl halides is 3. The Hall–Kier alpha value is -2.90. The molecule has 124 valence electrons. The van der Waals surface area contributed by atoms with Gasteiger partial charge in [0, 0.05) is 16.5 Å². The smallest absolute Gasteiger partial charge is 0.433 e. The topological polar surface area (TPSA) is 84.9 Å². The number of phenolic OH excluding ortho intramolecular Hbond substituents is 1. The molecule has 2 heterocycles. The van der Waals surface area contributed by atoms with Crippen LogP contribution in [0.15, 0.2) is 24.5 Å². The van der Waals surface area contributed by atoms with Gasteiger partial charge >= 0.3 is 6.18 Å². The molecule has 0 aliphatic carbocycles. The minimum atomic E-state index is -4.65. The van der Waals surface area contributed by atoms with Gasteiger partial charge in [-0.05, 0) is 31.5 Å². The molecule has 2 aromatic heterocycles. The molecule has 8 heteroatoms. The second-order valence-electron chi connectivity index (χ2n) is 5.41. The molecule has 0 bridgehead atoms. The second-order valence-corrected chi connectivity index (χ2v) is 5.41. The van der Waals surface area contributed by atoms with E-state index >= 15 is 0 Å². The minimum Gasteiger partial charge on any atom is -0.508 e. The third-order valence-electron chi connectivity index (χ3n) is 3.82. The van der Waals surface area contributed by atoms with E-state index in [0.717, 1.165) is 6.07 Å². The highest BCUT2D eigenvalue weighted by Gasteiger charge is 2.34. The molecule has 0 aliphatic heterocycles. The lowest BCUT2D eigenvalue weighted by atomic mass is 9.97. The molecule has 0 saturated carbocycles. The Morgan fingerprint density at radius 1 is 1.12 bits per heavy atom. The first-order valence-electron chi connectivity index (χ1n) is 6.98. The average molecular weight is 334 g/mol. The number of hydrogen-bond acceptors (Lipinski definition) is 5. The van der Waals surface area contributed by atoms with Crippen LogP contribution in [-0.4, -0.2) is 20.1 Å². The summed E-state index contributed by atoms with van der Waals surface area (Å²) < 4.78 is 39.7. The van der Waals surface area contributed by atoms with Crippen molar-refractivity contribution in [3.8, 4) is 17.0 Å². The van der Waals surface area contributed by atoms with Gasteiger partial charge in [0.1, 0.15) is 29.1 Å². The van der Waals surface area contributed by atoms with Gasteiger partial charge in [0.25, 0.3) is 0 Å². The molecule has 0 radical (unpaired) electrons. The maximum absolute atomic E-state index is 13.2. The quantitative estimate of drug-likeness (QED) is 0.710. The maximum atomic E-state index is 13.2. The summed E-state index contributed by atoms with van der Waals surface area (Å²) in [7, 11) is 0. The zero-order valence-electron chi connectivity index (χ0n) is 12.8. The van der Waals surface area contributed by atoms with Crippen LogP contribution in [0, 0.1) is 13.8 Å². The molecule has 3 aromatic rings. The Kier molecular flexibility index (Phi) is 3.55. The van der Waals surface area contributed by atoms with Gasteiger partial charge in [0.2, 0.25) is 0 Å². The van der Waals surface area contributed by atoms with Crippen molar-refractivity contribution in [3.05, 3.63) is 41.3 Å². The first-order valence-corrected chi connectivity index (χ1v) is 6.98. The molecule has 0 spiro atoms. The fourth-order valence-electron chi connectivity index (χ4n) is 2.60. The maximum Gasteiger partial charge on any atom is 0.433 e. The lowest BCUT2D eigenvalue weighted by Gasteiger charge is -2.15. The van der Waals surface area contributed by atoms with Crippen molar-refractivity contribution in [2.45, 2.75) is 20.0 Å². The Bertz CT molecular complexity index is 954. The number of aryl methyl sites for hydroxylation is 1. The summed E-state index contributed by atoms with van der Waals surface area (Å²) in [4.78, 5) is 11.6. The molecule has 3 N–H and O–H groups in total. The third kappa shape index (κ3) is 2.49. The fraction of sp³-hybridized carbons (Fsp3) is 0.188. The Morgan fingerprint density at radius 3 is 2.50 bits per heavy atom. The number of fused-ring (bicyclic) bond motifs is 1. The minimum absolute atomic E-state index is 0.0137. The van der Waals surface area contributed by atoms with Crippen molar-refractivity contribution >= 4 is 16.7 Å². The van der Waals surface area contributed by atoms with Gasteiger partial charge in [-0.3, -0.25) is 0 Å². The number of nitrogens with zero attached hydrogens (tertiary/aromatic N) is 3. The van der Waals surface area contributed by atoms with Crippen molar-refractivity contribution < 1.29 is 18.3 Å². The molecule has 0 aliphatic rings. The van der Waals surface area contributed by atoms with Crippen LogP contribution in [0.1, 0.15) is 16.8 Å². The van der Waals surface area contributed by atoms with E-state index in [1.54, 1.807) is 19.9 Å². The molecule has 0 saturated heterocycles. The van der Waals surface area contributed by atoms with Gasteiger partial charge < -0.3 is 10.8 Å². The highest BCUT2D eigenvalue weighted by molar-refractivity contribution is 5.98. The van der Waals surface area contributed by atoms with Gasteiger partial charge in [-0.15, -0.1) is 0 Å². The van der Waals surface area contributed by atoms with Gasteiger partial charge in [-0.1, -0.05) is 6.07 Å². The van der Waals surface area contributed by atoms with Crippen LogP contribution in [0.3, 0.4) is 0 Å². The van der Waals surface area contributed by atoms with E-state index in [1.807, 2.05) is 0 Å². The summed E-state index contributed by atoms with van der Waals surface area (Å²) >= 11 is 0. The predicted molar refractivity (Wildman–Crippen MR) is 83.3 cm³/mol. The SMILES string of the molecule is Cc1ccc(O)c(C)c1-c1nc(C(F)(F)F)cc2c(N)ncnc12. The molecular weight excluding hydrogens is 321 g/mol. The summed E-state index contributed by atoms with van der Waals surface area (Å²) in [5.74, 6) is -0.102. The highest BCUT2D eigenvalue weighted by atomic mass is 19.4. The Balaban J connectivity index is 2.48. The number of aromatic nitrogens is 3. The average Bonchev–Trinajstić information content (AvgIpc) is 2.51. The third-order valence-corrected chi connectivity index (χ3v) is 3.82. The van der Waals surface area contributed by atoms with E-state index in [0.29, 0.717) is 16.7 Å². The van der Waals surface area contributed by atoms with E-state index < -0.39 is 11.9 Å². The Morgan fingerprint density at radius 2 is 1.83 bits per heavy atom. The van der Waals surface area contributed by atoms with Crippen molar-refractivity contribution in [2.75, 3.05) is 5.73 Å². The number of nitrogen functional groups attached to an aromatic ring is 1. The summed E-state index contributed by atoms with van der Waals surface area (Å²) in [5.41, 5.74) is 6.32. The van der Waals surface area contributed by atoms with E-state index in [-0.39, 0.29) is 28.2 Å². The van der Waals surface area contributed by atoms with Crippen LogP contribution < -0.4 is 5.73 Å². The molecular formula is C16H13F3N4O. The molecule has 24 heavy (non-hydrogen) atoms. The van der Waals surface area contributed by atoms with Crippen molar-refractivity contribution in [1.29, 1.82) is 0 Å². The number of halogens is 3. The summed E-state index contributed by atoms with van der Waals surface area (Å²) in [6.07, 6.45) is -3.48. The number of phenols is 1. The van der Waals surface area contributed by atoms with E-state index in [4.69, 9.17) is 5.73 Å². The highest BCUT2D eigenvalue weighted by Crippen LogP contribution is 2.38. The van der Waals surface area contributed by atoms with Gasteiger partial charge in [-0.2, -0.15) is 13.2 Å².